The molecule has 1 saturated heterocycles. The summed E-state index contributed by atoms with van der Waals surface area (Å²) < 4.78 is 12.5. The second-order valence-electron chi connectivity index (χ2n) is 7.36. The fourth-order valence-electron chi connectivity index (χ4n) is 3.91. The molecule has 164 valence electrons. The van der Waals surface area contributed by atoms with Gasteiger partial charge >= 0.3 is 0 Å². The average Bonchev–Trinajstić information content (AvgIpc) is 3.45. The average molecular weight is 433 g/mol. The Bertz CT molecular complexity index is 1250. The van der Waals surface area contributed by atoms with E-state index in [-0.39, 0.29) is 23.6 Å². The molecule has 0 unspecified atom stereocenters. The van der Waals surface area contributed by atoms with Gasteiger partial charge in [-0.2, -0.15) is 0 Å². The molecular weight excluding hydrogens is 410 g/mol. The van der Waals surface area contributed by atoms with Crippen molar-refractivity contribution >= 4 is 22.6 Å². The number of nitrogens with two attached hydrogens (primary N) is 1. The van der Waals surface area contributed by atoms with Crippen LogP contribution in [0, 0.1) is 11.8 Å². The number of nitrogen functional groups attached to an aromatic ring is 1. The molecule has 1 aliphatic rings. The zero-order valence-corrected chi connectivity index (χ0v) is 17.8. The van der Waals surface area contributed by atoms with Crippen molar-refractivity contribution in [2.75, 3.05) is 33.0 Å². The van der Waals surface area contributed by atoms with Crippen molar-refractivity contribution in [3.8, 4) is 29.2 Å². The van der Waals surface area contributed by atoms with Gasteiger partial charge in [-0.1, -0.05) is 18.4 Å². The molecule has 0 saturated carbocycles. The summed E-state index contributed by atoms with van der Waals surface area (Å²) in [6, 6.07) is 5.29. The van der Waals surface area contributed by atoms with Gasteiger partial charge in [0.1, 0.15) is 17.0 Å². The fourth-order valence-corrected chi connectivity index (χ4v) is 3.91. The predicted molar refractivity (Wildman–Crippen MR) is 120 cm³/mol. The van der Waals surface area contributed by atoms with Crippen LogP contribution < -0.4 is 15.2 Å². The molecule has 1 fully saturated rings. The van der Waals surface area contributed by atoms with Crippen LogP contribution in [0.3, 0.4) is 0 Å². The van der Waals surface area contributed by atoms with Crippen LogP contribution in [0.15, 0.2) is 37.1 Å². The SMILES string of the molecule is C=CC(=O)N1CC[C@H](n2cc(C#Cc3cc(OC)cc(OC)c3)c3c(N)nnc(O)c32)C1. The first-order valence-electron chi connectivity index (χ1n) is 9.97. The highest BCUT2D eigenvalue weighted by Crippen LogP contribution is 2.35. The van der Waals surface area contributed by atoms with Crippen LogP contribution in [0.25, 0.3) is 10.9 Å². The number of ether oxygens (including phenoxy) is 2. The Morgan fingerprint density at radius 2 is 1.97 bits per heavy atom. The summed E-state index contributed by atoms with van der Waals surface area (Å²) >= 11 is 0. The van der Waals surface area contributed by atoms with E-state index in [1.54, 1.807) is 37.3 Å². The number of amides is 1. The Balaban J connectivity index is 1.80. The topological polar surface area (TPSA) is 116 Å². The van der Waals surface area contributed by atoms with Gasteiger partial charge < -0.3 is 29.8 Å². The third-order valence-electron chi connectivity index (χ3n) is 5.49. The summed E-state index contributed by atoms with van der Waals surface area (Å²) in [5.41, 5.74) is 7.84. The molecule has 0 spiro atoms. The normalized spacial score (nSPS) is 15.3. The van der Waals surface area contributed by atoms with Crippen LogP contribution in [-0.2, 0) is 4.79 Å². The third-order valence-corrected chi connectivity index (χ3v) is 5.49. The number of likely N-dealkylation sites (tertiary alicyclic amines) is 1. The van der Waals surface area contributed by atoms with Crippen molar-refractivity contribution in [3.05, 3.63) is 48.2 Å². The van der Waals surface area contributed by atoms with Crippen LogP contribution in [0.5, 0.6) is 17.4 Å². The van der Waals surface area contributed by atoms with Crippen LogP contribution in [0.2, 0.25) is 0 Å². The highest BCUT2D eigenvalue weighted by atomic mass is 16.5. The maximum absolute atomic E-state index is 12.0. The lowest BCUT2D eigenvalue weighted by Crippen LogP contribution is -2.27. The lowest BCUT2D eigenvalue weighted by atomic mass is 10.1. The van der Waals surface area contributed by atoms with E-state index in [4.69, 9.17) is 15.2 Å². The Hall–Kier alpha value is -4.19. The number of methoxy groups -OCH3 is 2. The van der Waals surface area contributed by atoms with Gasteiger partial charge in [-0.15, -0.1) is 10.2 Å². The molecule has 1 amide bonds. The zero-order valence-electron chi connectivity index (χ0n) is 17.8. The maximum Gasteiger partial charge on any atom is 0.256 e. The first kappa shape index (κ1) is 21.1. The first-order chi connectivity index (χ1) is 15.4. The highest BCUT2D eigenvalue weighted by molar-refractivity contribution is 5.97. The molecule has 0 bridgehead atoms. The number of carbonyl (C=O) groups excluding carboxylic acids is 1. The minimum absolute atomic E-state index is 0.0663. The molecule has 2 aromatic heterocycles. The minimum atomic E-state index is -0.237. The van der Waals surface area contributed by atoms with Gasteiger partial charge in [0.15, 0.2) is 5.82 Å². The monoisotopic (exact) mass is 433 g/mol. The minimum Gasteiger partial charge on any atom is -0.497 e. The Kier molecular flexibility index (Phi) is 5.60. The smallest absolute Gasteiger partial charge is 0.256 e. The summed E-state index contributed by atoms with van der Waals surface area (Å²) in [5, 5.41) is 18.6. The Labute approximate surface area is 185 Å². The molecular formula is C23H23N5O4. The highest BCUT2D eigenvalue weighted by Gasteiger charge is 2.29. The molecule has 0 aliphatic carbocycles. The van der Waals surface area contributed by atoms with Gasteiger partial charge in [-0.05, 0) is 24.6 Å². The van der Waals surface area contributed by atoms with E-state index in [9.17, 15) is 9.90 Å². The second kappa shape index (κ2) is 8.51. The molecule has 1 atom stereocenters. The molecule has 0 radical (unpaired) electrons. The van der Waals surface area contributed by atoms with Gasteiger partial charge in [0.25, 0.3) is 5.88 Å². The van der Waals surface area contributed by atoms with E-state index in [1.165, 1.54) is 6.08 Å². The molecule has 1 aromatic carbocycles. The van der Waals surface area contributed by atoms with E-state index in [2.05, 4.69) is 28.6 Å². The largest absolute Gasteiger partial charge is 0.497 e. The molecule has 3 aromatic rings. The standard InChI is InChI=1S/C23H23N5O4/c1-4-19(29)27-8-7-16(13-27)28-12-15(20-21(28)23(30)26-25-22(20)24)6-5-14-9-17(31-2)11-18(10-14)32-3/h4,9-12,16H,1,7-8,13H2,2-3H3,(H2,24,25)(H,26,30)/t16-/m0/s1. The number of rotatable bonds is 4. The van der Waals surface area contributed by atoms with Crippen molar-refractivity contribution in [1.82, 2.24) is 19.7 Å². The van der Waals surface area contributed by atoms with E-state index in [1.807, 2.05) is 10.8 Å². The van der Waals surface area contributed by atoms with E-state index in [0.29, 0.717) is 53.0 Å². The molecule has 1 aliphatic heterocycles. The number of hydrogen-bond acceptors (Lipinski definition) is 7. The van der Waals surface area contributed by atoms with Crippen LogP contribution in [0.1, 0.15) is 23.6 Å². The van der Waals surface area contributed by atoms with E-state index >= 15 is 0 Å². The molecule has 9 heteroatoms. The summed E-state index contributed by atoms with van der Waals surface area (Å²) in [6.07, 6.45) is 3.84. The number of aromatic nitrogens is 3. The van der Waals surface area contributed by atoms with Crippen LogP contribution in [0.4, 0.5) is 5.82 Å². The van der Waals surface area contributed by atoms with Crippen molar-refractivity contribution in [2.45, 2.75) is 12.5 Å². The van der Waals surface area contributed by atoms with Gasteiger partial charge in [0.2, 0.25) is 5.91 Å². The van der Waals surface area contributed by atoms with Gasteiger partial charge in [0, 0.05) is 30.9 Å². The second-order valence-corrected chi connectivity index (χ2v) is 7.36. The third kappa shape index (κ3) is 3.78. The summed E-state index contributed by atoms with van der Waals surface area (Å²) in [7, 11) is 3.15. The van der Waals surface area contributed by atoms with Crippen molar-refractivity contribution in [3.63, 3.8) is 0 Å². The predicted octanol–water partition coefficient (Wildman–Crippen LogP) is 2.10. The molecule has 4 rings (SSSR count). The molecule has 32 heavy (non-hydrogen) atoms. The lowest BCUT2D eigenvalue weighted by molar-refractivity contribution is -0.125. The van der Waals surface area contributed by atoms with Crippen molar-refractivity contribution in [1.29, 1.82) is 0 Å². The molecule has 3 heterocycles. The molecule has 3 N–H and O–H groups in total. The number of anilines is 1. The Morgan fingerprint density at radius 1 is 1.25 bits per heavy atom. The Morgan fingerprint density at radius 3 is 2.62 bits per heavy atom. The van der Waals surface area contributed by atoms with Crippen LogP contribution >= 0.6 is 0 Å². The van der Waals surface area contributed by atoms with E-state index in [0.717, 1.165) is 0 Å². The van der Waals surface area contributed by atoms with Crippen molar-refractivity contribution in [2.24, 2.45) is 0 Å². The van der Waals surface area contributed by atoms with Gasteiger partial charge in [-0.25, -0.2) is 0 Å². The van der Waals surface area contributed by atoms with Crippen LogP contribution in [-0.4, -0.2) is 58.0 Å². The summed E-state index contributed by atoms with van der Waals surface area (Å²) in [4.78, 5) is 13.7. The number of fused-ring (bicyclic) bond motifs is 1. The first-order valence-corrected chi connectivity index (χ1v) is 9.97. The number of benzene rings is 1. The maximum atomic E-state index is 12.0. The lowest BCUT2D eigenvalue weighted by Gasteiger charge is -2.16. The number of hydrogen-bond donors (Lipinski definition) is 2. The quantitative estimate of drug-likeness (QED) is 0.478. The number of nitrogens with zero attached hydrogens (tertiary/aromatic N) is 4. The van der Waals surface area contributed by atoms with Crippen molar-refractivity contribution < 1.29 is 19.4 Å². The zero-order chi connectivity index (χ0) is 22.8. The summed E-state index contributed by atoms with van der Waals surface area (Å²) in [5.74, 6) is 7.28. The molecule has 9 nitrogen and oxygen atoms in total. The van der Waals surface area contributed by atoms with Gasteiger partial charge in [0.05, 0.1) is 31.2 Å². The van der Waals surface area contributed by atoms with Gasteiger partial charge in [-0.3, -0.25) is 4.79 Å². The van der Waals surface area contributed by atoms with E-state index < -0.39 is 0 Å². The number of aromatic hydroxyl groups is 1. The number of carbonyl (C=O) groups is 1. The fraction of sp³-hybridized carbons (Fsp3) is 0.261. The summed E-state index contributed by atoms with van der Waals surface area (Å²) in [6.45, 7) is 4.63.